The van der Waals surface area contributed by atoms with Gasteiger partial charge in [-0.25, -0.2) is 4.79 Å². The van der Waals surface area contributed by atoms with E-state index in [1.54, 1.807) is 41.1 Å². The summed E-state index contributed by atoms with van der Waals surface area (Å²) in [4.78, 5) is 72.6. The molecule has 4 aliphatic heterocycles. The maximum atomic E-state index is 14.6. The van der Waals surface area contributed by atoms with Gasteiger partial charge in [0.1, 0.15) is 30.1 Å². The van der Waals surface area contributed by atoms with Crippen molar-refractivity contribution in [1.29, 1.82) is 0 Å². The van der Waals surface area contributed by atoms with Gasteiger partial charge in [-0.05, 0) is 101 Å². The Morgan fingerprint density at radius 3 is 2.25 bits per heavy atom. The lowest BCUT2D eigenvalue weighted by Gasteiger charge is -2.50. The van der Waals surface area contributed by atoms with Gasteiger partial charge in [0, 0.05) is 78.2 Å². The average molecular weight is 990 g/mol. The molecule has 69 heavy (non-hydrogen) atoms. The van der Waals surface area contributed by atoms with Crippen molar-refractivity contribution < 1.29 is 71.5 Å². The molecule has 16 nitrogen and oxygen atoms in total. The van der Waals surface area contributed by atoms with E-state index in [-0.39, 0.29) is 36.4 Å². The fourth-order valence-electron chi connectivity index (χ4n) is 11.3. The largest absolute Gasteiger partial charge is 0.460 e. The number of hydrogen-bond donors (Lipinski definition) is 2. The molecule has 0 radical (unpaired) electrons. The molecular formula is C52H80NO15P. The van der Waals surface area contributed by atoms with Gasteiger partial charge in [-0.2, -0.15) is 0 Å². The van der Waals surface area contributed by atoms with Crippen molar-refractivity contribution in [1.82, 2.24) is 4.90 Å². The topological polar surface area (TPSA) is 211 Å². The van der Waals surface area contributed by atoms with E-state index in [1.165, 1.54) is 25.8 Å². The van der Waals surface area contributed by atoms with Crippen LogP contribution in [0.1, 0.15) is 112 Å². The number of carbonyl (C=O) groups excluding carboxylic acids is 5. The van der Waals surface area contributed by atoms with Gasteiger partial charge >= 0.3 is 13.6 Å². The van der Waals surface area contributed by atoms with E-state index >= 15 is 0 Å². The number of fused-ring (bicyclic) bond motifs is 4. The molecular weight excluding hydrogens is 910 g/mol. The molecule has 1 amide bonds. The number of nitrogens with zero attached hydrogens (tertiary/aromatic N) is 1. The second kappa shape index (κ2) is 25.0. The smallest absolute Gasteiger partial charge is 0.329 e. The second-order valence-corrected chi connectivity index (χ2v) is 22.7. The fraction of sp³-hybridized carbons (Fsp3) is 0.750. The van der Waals surface area contributed by atoms with Crippen molar-refractivity contribution in [2.75, 3.05) is 41.6 Å². The molecule has 0 aromatic heterocycles. The Morgan fingerprint density at radius 1 is 0.855 bits per heavy atom. The average Bonchev–Trinajstić information content (AvgIpc) is 3.32. The third-order valence-corrected chi connectivity index (χ3v) is 16.9. The van der Waals surface area contributed by atoms with E-state index in [2.05, 4.69) is 0 Å². The Balaban J connectivity index is 1.51. The number of Topliss-reactive ketones (excluding diaryl/α,β-unsaturated/α-hetero) is 3. The number of aliphatic hydroxyl groups excluding tert-OH is 1. The van der Waals surface area contributed by atoms with Crippen molar-refractivity contribution >= 4 is 36.8 Å². The summed E-state index contributed by atoms with van der Waals surface area (Å²) in [5, 5.41) is 23.6. The molecule has 1 aliphatic carbocycles. The zero-order valence-electron chi connectivity index (χ0n) is 42.7. The van der Waals surface area contributed by atoms with Crippen LogP contribution in [0.4, 0.5) is 0 Å². The van der Waals surface area contributed by atoms with E-state index < -0.39 is 109 Å². The zero-order chi connectivity index (χ0) is 51.0. The molecule has 388 valence electrons. The number of hydrogen-bond acceptors (Lipinski definition) is 15. The maximum Gasteiger partial charge on any atom is 0.329 e. The minimum Gasteiger partial charge on any atom is -0.460 e. The van der Waals surface area contributed by atoms with Crippen LogP contribution in [0.5, 0.6) is 0 Å². The minimum absolute atomic E-state index is 0.0107. The first kappa shape index (κ1) is 56.7. The van der Waals surface area contributed by atoms with Crippen molar-refractivity contribution in [3.8, 4) is 0 Å². The van der Waals surface area contributed by atoms with E-state index in [4.69, 9.17) is 32.7 Å². The first-order chi connectivity index (χ1) is 32.6. The van der Waals surface area contributed by atoms with E-state index in [9.17, 15) is 38.8 Å². The third-order valence-electron chi connectivity index (χ3n) is 15.5. The van der Waals surface area contributed by atoms with Crippen LogP contribution in [-0.2, 0) is 61.3 Å². The monoisotopic (exact) mass is 990 g/mol. The van der Waals surface area contributed by atoms with Crippen LogP contribution in [0.25, 0.3) is 0 Å². The maximum absolute atomic E-state index is 14.6. The van der Waals surface area contributed by atoms with Gasteiger partial charge in [-0.15, -0.1) is 0 Å². The number of ketones is 3. The van der Waals surface area contributed by atoms with Gasteiger partial charge in [-0.1, -0.05) is 64.2 Å². The van der Waals surface area contributed by atoms with Crippen molar-refractivity contribution in [2.45, 2.75) is 167 Å². The number of piperidine rings is 1. The van der Waals surface area contributed by atoms with Crippen molar-refractivity contribution in [2.24, 2.45) is 41.4 Å². The highest BCUT2D eigenvalue weighted by molar-refractivity contribution is 7.52. The lowest BCUT2D eigenvalue weighted by atomic mass is 9.68. The zero-order valence-corrected chi connectivity index (χ0v) is 43.6. The summed E-state index contributed by atoms with van der Waals surface area (Å²) in [6.45, 7) is 12.2. The summed E-state index contributed by atoms with van der Waals surface area (Å²) < 4.78 is 53.6. The minimum atomic E-state index is -3.33. The van der Waals surface area contributed by atoms with Gasteiger partial charge in [0.25, 0.3) is 11.7 Å². The lowest BCUT2D eigenvalue weighted by molar-refractivity contribution is -0.266. The molecule has 0 aromatic rings. The number of amides is 1. The molecule has 0 aromatic carbocycles. The molecule has 2 N–H and O–H groups in total. The second-order valence-electron chi connectivity index (χ2n) is 20.5. The van der Waals surface area contributed by atoms with Gasteiger partial charge in [0.2, 0.25) is 5.79 Å². The fourth-order valence-corrected chi connectivity index (χ4v) is 12.1. The van der Waals surface area contributed by atoms with Crippen LogP contribution < -0.4 is 0 Å². The van der Waals surface area contributed by atoms with E-state index in [0.717, 1.165) is 5.57 Å². The summed E-state index contributed by atoms with van der Waals surface area (Å²) in [6, 6.07) is -1.16. The molecule has 5 aliphatic rings. The van der Waals surface area contributed by atoms with Crippen LogP contribution in [0.3, 0.4) is 0 Å². The number of carbonyl (C=O) groups is 5. The van der Waals surface area contributed by atoms with Crippen molar-refractivity contribution in [3.63, 3.8) is 0 Å². The van der Waals surface area contributed by atoms with Gasteiger partial charge in [0.15, 0.2) is 5.78 Å². The summed E-state index contributed by atoms with van der Waals surface area (Å²) in [6.07, 6.45) is 10.4. The first-order valence-corrected chi connectivity index (χ1v) is 26.9. The predicted molar refractivity (Wildman–Crippen MR) is 258 cm³/mol. The summed E-state index contributed by atoms with van der Waals surface area (Å²) in [7, 11) is 2.51. The highest BCUT2D eigenvalue weighted by atomic mass is 31.2. The van der Waals surface area contributed by atoms with Gasteiger partial charge < -0.3 is 47.8 Å². The third kappa shape index (κ3) is 13.9. The van der Waals surface area contributed by atoms with E-state index in [1.807, 2.05) is 51.2 Å². The van der Waals surface area contributed by atoms with Gasteiger partial charge in [0.05, 0.1) is 24.4 Å². The number of aliphatic hydroxyl groups is 2. The highest BCUT2D eigenvalue weighted by Gasteiger charge is 2.57. The number of esters is 1. The van der Waals surface area contributed by atoms with E-state index in [0.29, 0.717) is 69.8 Å². The molecule has 4 bridgehead atoms. The van der Waals surface area contributed by atoms with Crippen LogP contribution >= 0.6 is 7.60 Å². The van der Waals surface area contributed by atoms with Gasteiger partial charge in [-0.3, -0.25) is 23.7 Å². The molecule has 0 spiro atoms. The summed E-state index contributed by atoms with van der Waals surface area (Å²) in [5.41, 5.74) is 1.25. The highest BCUT2D eigenvalue weighted by Crippen LogP contribution is 2.49. The SMILES string of the molecule is CO[C@H]1C[C@@H]2CC[C@@H](C)[C@@](O)(O2)C(=O)C(=O)N2CCC[C@@H]3C(C[C@@H]4CC[C@@H](OP(C)(=O)OC)[C@H](OC)C4)[C@H](CC(=O)C(C)/C=C(\C)[C@@H](O)[C@@H](OC)C(=O)[C@H](C)C[C@H](C)/C=C/C=C/C=C1C)OC(=O)[C@H]32. The number of allylic oxidation sites excluding steroid dienone is 6. The first-order valence-electron chi connectivity index (χ1n) is 24.9. The molecule has 5 rings (SSSR count). The summed E-state index contributed by atoms with van der Waals surface area (Å²) >= 11 is 0. The van der Waals surface area contributed by atoms with Crippen LogP contribution in [0.2, 0.25) is 0 Å². The Bertz CT molecular complexity index is 2000. The molecule has 3 unspecified atom stereocenters. The van der Waals surface area contributed by atoms with Crippen LogP contribution in [0.15, 0.2) is 47.6 Å². The van der Waals surface area contributed by atoms with Crippen LogP contribution in [-0.4, -0.2) is 141 Å². The molecule has 17 heteroatoms. The quantitative estimate of drug-likeness (QED) is 0.110. The normalized spacial score (nSPS) is 41.1. The predicted octanol–water partition coefficient (Wildman–Crippen LogP) is 6.89. The number of ether oxygens (including phenoxy) is 5. The Hall–Kier alpha value is -3.18. The van der Waals surface area contributed by atoms with Crippen molar-refractivity contribution in [3.05, 3.63) is 47.6 Å². The number of rotatable bonds is 8. The Morgan fingerprint density at radius 2 is 1.58 bits per heavy atom. The molecule has 1 saturated carbocycles. The van der Waals surface area contributed by atoms with Crippen LogP contribution in [0, 0.1) is 41.4 Å². The Kier molecular flexibility index (Phi) is 20.5. The molecule has 4 fully saturated rings. The summed E-state index contributed by atoms with van der Waals surface area (Å²) in [5.74, 6) is -8.79. The molecule has 4 heterocycles. The number of methoxy groups -OCH3 is 3. The molecule has 3 saturated heterocycles. The Labute approximate surface area is 409 Å². The lowest BCUT2D eigenvalue weighted by Crippen LogP contribution is -2.65. The standard InChI is InChI=1S/C52H80NO15P/c1-30-16-13-12-14-17-31(2)42(62-7)28-37-21-19-35(6)52(60,67-37)49(57)50(58)53-23-15-18-38-39(26-36-20-22-41(44(27-36)63-8)68-69(11,61)65-10)43(66-51(59)45(38)53)29-40(54)32(3)25-34(5)47(56)48(64-9)46(55)33(4)24-30/h12-14,16-17,25,30,32-33,35-39,41-45,47-48,56,60H,15,18-24,26-29H2,1-11H3/b14-12+,16-13+,31-17?,34-25+/t30-,32?,33-,35-,36+,37+,38-,39?,41-,42+,43+,44-,45+,47-,48+,52-,69?/m1/s1. The molecule has 17 atom stereocenters.